The predicted molar refractivity (Wildman–Crippen MR) is 408 cm³/mol. The molecule has 4 bridgehead atoms. The lowest BCUT2D eigenvalue weighted by atomic mass is 9.41. The lowest BCUT2D eigenvalue weighted by Gasteiger charge is -2.64. The Balaban J connectivity index is 0.000000206. The monoisotopic (exact) mass is 1810 g/mol. The first kappa shape index (κ1) is 98.4. The fraction of sp³-hybridized carbons (Fsp3) is 0.976. The van der Waals surface area contributed by atoms with Gasteiger partial charge in [0.1, 0.15) is 170 Å². The number of rotatable bonds is 21. The molecule has 0 aromatic rings. The van der Waals surface area contributed by atoms with Crippen LogP contribution in [0.4, 0.5) is 0 Å². The van der Waals surface area contributed by atoms with Gasteiger partial charge >= 0.3 is 11.9 Å². The van der Waals surface area contributed by atoms with Crippen molar-refractivity contribution in [1.82, 2.24) is 0 Å². The van der Waals surface area contributed by atoms with Gasteiger partial charge in [0.05, 0.1) is 74.4 Å². The van der Waals surface area contributed by atoms with Crippen molar-refractivity contribution < 1.29 is 214 Å². The molecule has 7 saturated heterocycles. The van der Waals surface area contributed by atoms with Crippen LogP contribution < -0.4 is 0 Å². The molecule has 43 heteroatoms. The molecule has 7 heterocycles. The molecule has 15 fully saturated rings. The average molecular weight is 1810 g/mol. The van der Waals surface area contributed by atoms with Crippen LogP contribution >= 0.6 is 0 Å². The third-order valence-electron chi connectivity index (χ3n) is 33.0. The van der Waals surface area contributed by atoms with Crippen LogP contribution in [0.25, 0.3) is 0 Å². The quantitative estimate of drug-likeness (QED) is 0.0375. The molecule has 8 saturated carbocycles. The SMILES string of the molecule is CC1(O)C[C@@]23CC[C@H]4[C@@](C)(CCC[C@@]4(C)C(=O)OC4OC(CO)C(O)C(O)C4O)[C@@H]2CCC1(OC1OC(CO)C(O)C(OC2OC(CO)C(O)C(O)C2O)C1OC1OC(CO)C(O)C(O)C1O)C3.CC1OC(OC2C(OC(=O)[C@]3(C)CCC[C@@]4(C)[C@@H]5CCC6(O)C[C@@]5(CC[C@@H]43)CC6(O)CO)OC(CO)C(O)C2OC2OC(CO)C(O)C(O)C2O)C(O)C(O)C1O. The van der Waals surface area contributed by atoms with Gasteiger partial charge < -0.3 is 204 Å². The maximum Gasteiger partial charge on any atom is 0.314 e. The van der Waals surface area contributed by atoms with Crippen molar-refractivity contribution in [3.05, 3.63) is 0 Å². The zero-order valence-corrected chi connectivity index (χ0v) is 70.8. The van der Waals surface area contributed by atoms with Gasteiger partial charge in [0.2, 0.25) is 12.6 Å². The highest BCUT2D eigenvalue weighted by atomic mass is 16.8. The molecule has 15 rings (SSSR count). The highest BCUT2D eigenvalue weighted by Crippen LogP contribution is 2.76. The summed E-state index contributed by atoms with van der Waals surface area (Å²) < 4.78 is 83.5. The molecule has 49 atom stereocenters. The van der Waals surface area contributed by atoms with Crippen LogP contribution in [0.5, 0.6) is 0 Å². The summed E-state index contributed by atoms with van der Waals surface area (Å²) in [5.74, 6) is -1.98. The Hall–Kier alpha value is -2.62. The molecule has 125 heavy (non-hydrogen) atoms. The first-order valence-electron chi connectivity index (χ1n) is 44.0. The first-order chi connectivity index (χ1) is 58.7. The number of ether oxygens (including phenoxy) is 14. The van der Waals surface area contributed by atoms with Gasteiger partial charge in [-0.15, -0.1) is 0 Å². The Morgan fingerprint density at radius 3 is 1.06 bits per heavy atom. The Bertz CT molecular complexity index is 3670. The van der Waals surface area contributed by atoms with E-state index in [-0.39, 0.29) is 49.4 Å². The van der Waals surface area contributed by atoms with E-state index in [9.17, 15) is 147 Å². The Morgan fingerprint density at radius 1 is 0.320 bits per heavy atom. The lowest BCUT2D eigenvalue weighted by molar-refractivity contribution is -0.406. The van der Waals surface area contributed by atoms with Crippen molar-refractivity contribution in [3.63, 3.8) is 0 Å². The zero-order chi connectivity index (χ0) is 91.2. The van der Waals surface area contributed by atoms with Crippen LogP contribution in [-0.4, -0.2) is 433 Å². The van der Waals surface area contributed by atoms with Crippen molar-refractivity contribution in [2.24, 2.45) is 56.2 Å². The summed E-state index contributed by atoms with van der Waals surface area (Å²) in [7, 11) is 0. The number of esters is 2. The number of carbonyl (C=O) groups is 2. The average Bonchev–Trinajstić information content (AvgIpc) is 1.54. The second kappa shape index (κ2) is 36.5. The van der Waals surface area contributed by atoms with E-state index >= 15 is 0 Å². The van der Waals surface area contributed by atoms with E-state index in [0.717, 1.165) is 12.8 Å². The Labute approximate surface area is 720 Å². The molecule has 39 unspecified atom stereocenters. The minimum absolute atomic E-state index is 0.0120. The predicted octanol–water partition coefficient (Wildman–Crippen LogP) is -9.66. The van der Waals surface area contributed by atoms with Crippen LogP contribution in [0.2, 0.25) is 0 Å². The summed E-state index contributed by atoms with van der Waals surface area (Å²) in [6, 6.07) is 0. The summed E-state index contributed by atoms with van der Waals surface area (Å²) >= 11 is 0. The van der Waals surface area contributed by atoms with E-state index in [4.69, 9.17) is 66.3 Å². The summed E-state index contributed by atoms with van der Waals surface area (Å²) in [6.45, 7) is 5.50. The molecule has 0 aromatic heterocycles. The molecular formula is C82H134O43. The van der Waals surface area contributed by atoms with Crippen LogP contribution in [0.3, 0.4) is 0 Å². The van der Waals surface area contributed by atoms with E-state index in [1.54, 1.807) is 13.8 Å². The van der Waals surface area contributed by atoms with Crippen molar-refractivity contribution in [2.45, 2.75) is 394 Å². The van der Waals surface area contributed by atoms with Gasteiger partial charge in [0.15, 0.2) is 37.6 Å². The van der Waals surface area contributed by atoms with Gasteiger partial charge in [-0.3, -0.25) is 9.59 Å². The van der Waals surface area contributed by atoms with E-state index in [1.807, 2.05) is 6.92 Å². The number of hydrogen-bond donors (Lipinski definition) is 27. The van der Waals surface area contributed by atoms with Crippen LogP contribution in [0, 0.1) is 56.2 Å². The molecule has 0 radical (unpaired) electrons. The number of carbonyl (C=O) groups excluding carboxylic acids is 2. The maximum absolute atomic E-state index is 14.8. The summed E-state index contributed by atoms with van der Waals surface area (Å²) in [5.41, 5.74) is -10.3. The third-order valence-corrected chi connectivity index (χ3v) is 33.0. The van der Waals surface area contributed by atoms with Crippen molar-refractivity contribution in [1.29, 1.82) is 0 Å². The fourth-order valence-electron chi connectivity index (χ4n) is 26.3. The van der Waals surface area contributed by atoms with Gasteiger partial charge in [-0.25, -0.2) is 0 Å². The minimum Gasteiger partial charge on any atom is -0.432 e. The Kier molecular flexibility index (Phi) is 28.8. The molecule has 8 aliphatic carbocycles. The van der Waals surface area contributed by atoms with Gasteiger partial charge in [-0.2, -0.15) is 0 Å². The number of aliphatic hydroxyl groups excluding tert-OH is 24. The van der Waals surface area contributed by atoms with Crippen molar-refractivity contribution >= 4 is 11.9 Å². The van der Waals surface area contributed by atoms with Gasteiger partial charge in [0.25, 0.3) is 0 Å². The molecule has 15 aliphatic rings. The molecule has 720 valence electrons. The minimum atomic E-state index is -1.99. The molecule has 27 N–H and O–H groups in total. The van der Waals surface area contributed by atoms with Gasteiger partial charge in [0, 0.05) is 0 Å². The van der Waals surface area contributed by atoms with Crippen LogP contribution in [0.1, 0.15) is 157 Å². The number of fused-ring (bicyclic) bond motifs is 6. The largest absolute Gasteiger partial charge is 0.432 e. The smallest absolute Gasteiger partial charge is 0.314 e. The topological polar surface area (TPSA) is 710 Å². The van der Waals surface area contributed by atoms with E-state index in [2.05, 4.69) is 13.8 Å². The number of aliphatic hydroxyl groups is 27. The first-order valence-corrected chi connectivity index (χ1v) is 44.0. The van der Waals surface area contributed by atoms with Crippen molar-refractivity contribution in [3.8, 4) is 0 Å². The summed E-state index contributed by atoms with van der Waals surface area (Å²) in [4.78, 5) is 29.1. The Morgan fingerprint density at radius 2 is 0.648 bits per heavy atom. The standard InChI is InChI=1S/C44H72O24.C38H62O19/c1-40-7-4-8-41(2,39(59)67-37-32(58)29(55)25(51)19(13-47)63-37)21(40)5-9-43-15-42(3,60)44(16-43,10-6-22(40)43)68-38-34(66-36-31(57)28(54)24(50)18(12-46)62-36)33(26(52)20(14-48)64-38)65-35-30(56)27(53)23(49)17(11-45)61-35;1-16-21(42)24(45)26(47)30(52-16)56-29-28(55-31-27(48)25(46)22(43)17(11-39)53-31)23(44)18(12-40)54-32(29)57-33(49)35(3)8-4-7-34(2)19(35)5-9-36-13-37(50,10-6-20(34)36)38(51,14-36)15-41/h17-38,45-58,60H,4-16H2,1-3H3;16-32,39-48,50-51H,4-15H2,1-3H3/t17?,18?,19?,20?,21-,22-,23?,24?,25?,26?,27?,28?,29?,30?,31?,32?,33?,34?,35?,36?,37?,38?,40+,41+,42?,43+,44?;16?,17?,18?,19-,20-,21?,22?,23?,24?,25?,26?,27?,28?,29?,30?,31?,32?,34+,35+,36-,37?,38?/m00/s1. The molecule has 2 spiro atoms. The van der Waals surface area contributed by atoms with Crippen LogP contribution in [-0.2, 0) is 75.9 Å². The van der Waals surface area contributed by atoms with E-state index in [1.165, 1.54) is 6.92 Å². The molecular weight excluding hydrogens is 1670 g/mol. The maximum atomic E-state index is 14.8. The van der Waals surface area contributed by atoms with E-state index in [0.29, 0.717) is 77.0 Å². The molecule has 7 aliphatic heterocycles. The van der Waals surface area contributed by atoms with Gasteiger partial charge in [-0.1, -0.05) is 26.7 Å². The highest BCUT2D eigenvalue weighted by Gasteiger charge is 2.76. The second-order valence-corrected chi connectivity index (χ2v) is 40.1. The lowest BCUT2D eigenvalue weighted by Crippen LogP contribution is -2.68. The third kappa shape index (κ3) is 16.5. The van der Waals surface area contributed by atoms with Crippen molar-refractivity contribution in [2.75, 3.05) is 46.2 Å². The number of hydrogen-bond acceptors (Lipinski definition) is 43. The van der Waals surface area contributed by atoms with Gasteiger partial charge in [-0.05, 0) is 176 Å². The summed E-state index contributed by atoms with van der Waals surface area (Å²) in [5, 5.41) is 289. The zero-order valence-electron chi connectivity index (χ0n) is 70.8. The van der Waals surface area contributed by atoms with E-state index < -0.39 is 328 Å². The highest BCUT2D eigenvalue weighted by molar-refractivity contribution is 5.78. The molecule has 43 nitrogen and oxygen atoms in total. The molecule has 0 aromatic carbocycles. The summed E-state index contributed by atoms with van der Waals surface area (Å²) in [6.07, 6.45) is -52.1. The second-order valence-electron chi connectivity index (χ2n) is 40.1. The normalized spacial score (nSPS) is 56.2. The fourth-order valence-corrected chi connectivity index (χ4v) is 26.3. The molecule has 0 amide bonds. The van der Waals surface area contributed by atoms with Crippen LogP contribution in [0.15, 0.2) is 0 Å².